The molecule has 1 aliphatic rings. The molecule has 1 fully saturated rings. The zero-order valence-corrected chi connectivity index (χ0v) is 13.7. The van der Waals surface area contributed by atoms with Crippen LogP contribution in [0.15, 0.2) is 6.33 Å². The highest BCUT2D eigenvalue weighted by Crippen LogP contribution is 2.32. The first-order valence-corrected chi connectivity index (χ1v) is 7.54. The summed E-state index contributed by atoms with van der Waals surface area (Å²) in [5.74, 6) is 0.440. The summed E-state index contributed by atoms with van der Waals surface area (Å²) >= 11 is 0. The highest BCUT2D eigenvalue weighted by Gasteiger charge is 2.35. The molecule has 130 valence electrons. The van der Waals surface area contributed by atoms with Crippen LogP contribution in [0.1, 0.15) is 19.6 Å². The number of imidazole rings is 1. The standard InChI is InChI=1S/C14H20N6O4/c1-7(22)16-14-17-12(19(2)3)11-13(18-14)20(6-15-11)10-4-8(23)9(5-21)24-10/h6,8-10,21,23H,4-5H2,1-3H3,(H,16,17,18,22)/t8-,9+,10+/m0/s1. The van der Waals surface area contributed by atoms with Gasteiger partial charge < -0.3 is 19.8 Å². The van der Waals surface area contributed by atoms with E-state index in [0.29, 0.717) is 23.4 Å². The van der Waals surface area contributed by atoms with Crippen molar-refractivity contribution in [3.63, 3.8) is 0 Å². The van der Waals surface area contributed by atoms with Gasteiger partial charge >= 0.3 is 0 Å². The SMILES string of the molecule is CC(=O)Nc1nc(N(C)C)c2ncn([C@H]3C[C@H](O)[C@@H](CO)O3)c2n1. The van der Waals surface area contributed by atoms with E-state index in [2.05, 4.69) is 20.3 Å². The molecule has 2 aromatic heterocycles. The lowest BCUT2D eigenvalue weighted by atomic mass is 10.2. The minimum atomic E-state index is -0.762. The molecule has 3 heterocycles. The molecule has 0 saturated carbocycles. The first-order valence-electron chi connectivity index (χ1n) is 7.54. The fourth-order valence-electron chi connectivity index (χ4n) is 2.69. The van der Waals surface area contributed by atoms with Gasteiger partial charge in [-0.3, -0.25) is 14.7 Å². The molecule has 1 amide bonds. The summed E-state index contributed by atoms with van der Waals surface area (Å²) in [4.78, 5) is 26.1. The fourth-order valence-corrected chi connectivity index (χ4v) is 2.69. The number of fused-ring (bicyclic) bond motifs is 1. The van der Waals surface area contributed by atoms with Gasteiger partial charge in [-0.2, -0.15) is 9.97 Å². The van der Waals surface area contributed by atoms with E-state index in [-0.39, 0.29) is 18.5 Å². The molecular weight excluding hydrogens is 316 g/mol. The minimum absolute atomic E-state index is 0.165. The Bertz CT molecular complexity index is 761. The third-order valence-corrected chi connectivity index (χ3v) is 3.81. The molecule has 0 bridgehead atoms. The molecule has 3 rings (SSSR count). The van der Waals surface area contributed by atoms with Crippen LogP contribution < -0.4 is 10.2 Å². The Hall–Kier alpha value is -2.30. The molecule has 2 aromatic rings. The third-order valence-electron chi connectivity index (χ3n) is 3.81. The zero-order chi connectivity index (χ0) is 17.4. The molecular formula is C14H20N6O4. The van der Waals surface area contributed by atoms with Crippen molar-refractivity contribution in [1.82, 2.24) is 19.5 Å². The van der Waals surface area contributed by atoms with Gasteiger partial charge in [-0.1, -0.05) is 0 Å². The number of rotatable bonds is 4. The average Bonchev–Trinajstić information content (AvgIpc) is 3.08. The summed E-state index contributed by atoms with van der Waals surface area (Å²) in [6.07, 6.45) is -0.0359. The average molecular weight is 336 g/mol. The molecule has 10 nitrogen and oxygen atoms in total. The Kier molecular flexibility index (Phi) is 4.35. The number of aliphatic hydroxyl groups is 2. The molecule has 3 N–H and O–H groups in total. The molecule has 10 heteroatoms. The second kappa shape index (κ2) is 6.30. The van der Waals surface area contributed by atoms with Gasteiger partial charge in [0.2, 0.25) is 11.9 Å². The summed E-state index contributed by atoms with van der Waals surface area (Å²) in [5.41, 5.74) is 1.04. The van der Waals surface area contributed by atoms with E-state index in [9.17, 15) is 15.0 Å². The molecule has 24 heavy (non-hydrogen) atoms. The normalized spacial score (nSPS) is 23.6. The van der Waals surface area contributed by atoms with E-state index < -0.39 is 18.4 Å². The number of anilines is 2. The fraction of sp³-hybridized carbons (Fsp3) is 0.571. The largest absolute Gasteiger partial charge is 0.394 e. The lowest BCUT2D eigenvalue weighted by Crippen LogP contribution is -2.24. The van der Waals surface area contributed by atoms with Crippen molar-refractivity contribution in [2.45, 2.75) is 31.8 Å². The van der Waals surface area contributed by atoms with Crippen molar-refractivity contribution in [3.8, 4) is 0 Å². The van der Waals surface area contributed by atoms with Gasteiger partial charge in [0.25, 0.3) is 0 Å². The van der Waals surface area contributed by atoms with Crippen molar-refractivity contribution in [2.75, 3.05) is 30.9 Å². The van der Waals surface area contributed by atoms with E-state index in [1.807, 2.05) is 14.1 Å². The third kappa shape index (κ3) is 2.90. The first kappa shape index (κ1) is 16.6. The molecule has 3 atom stereocenters. The van der Waals surface area contributed by atoms with Crippen molar-refractivity contribution in [1.29, 1.82) is 0 Å². The van der Waals surface area contributed by atoms with Crippen LogP contribution in [0.5, 0.6) is 0 Å². The van der Waals surface area contributed by atoms with Gasteiger partial charge in [0.15, 0.2) is 17.0 Å². The number of nitrogens with zero attached hydrogens (tertiary/aromatic N) is 5. The number of aliphatic hydroxyl groups excluding tert-OH is 2. The summed E-state index contributed by atoms with van der Waals surface area (Å²) in [6.45, 7) is 1.11. The van der Waals surface area contributed by atoms with Crippen molar-refractivity contribution in [2.24, 2.45) is 0 Å². The Morgan fingerprint density at radius 3 is 2.83 bits per heavy atom. The molecule has 0 aromatic carbocycles. The highest BCUT2D eigenvalue weighted by molar-refractivity contribution is 5.90. The smallest absolute Gasteiger partial charge is 0.233 e. The number of ether oxygens (including phenoxy) is 1. The number of hydrogen-bond donors (Lipinski definition) is 3. The summed E-state index contributed by atoms with van der Waals surface area (Å²) < 4.78 is 7.33. The van der Waals surface area contributed by atoms with E-state index in [0.717, 1.165) is 0 Å². The van der Waals surface area contributed by atoms with Crippen LogP contribution in [0, 0.1) is 0 Å². The summed E-state index contributed by atoms with van der Waals surface area (Å²) in [7, 11) is 3.63. The van der Waals surface area contributed by atoms with Gasteiger partial charge in [0.1, 0.15) is 12.3 Å². The van der Waals surface area contributed by atoms with E-state index in [1.54, 1.807) is 15.8 Å². The monoisotopic (exact) mass is 336 g/mol. The lowest BCUT2D eigenvalue weighted by molar-refractivity contribution is -0.114. The van der Waals surface area contributed by atoms with Crippen LogP contribution in [0.4, 0.5) is 11.8 Å². The molecule has 0 spiro atoms. The van der Waals surface area contributed by atoms with Gasteiger partial charge in [0.05, 0.1) is 19.0 Å². The highest BCUT2D eigenvalue weighted by atomic mass is 16.5. The van der Waals surface area contributed by atoms with Crippen LogP contribution in [0.25, 0.3) is 11.2 Å². The molecule has 0 aliphatic carbocycles. The summed E-state index contributed by atoms with van der Waals surface area (Å²) in [6, 6.07) is 0. The maximum absolute atomic E-state index is 11.3. The Morgan fingerprint density at radius 2 is 2.25 bits per heavy atom. The van der Waals surface area contributed by atoms with Crippen LogP contribution >= 0.6 is 0 Å². The van der Waals surface area contributed by atoms with Gasteiger partial charge in [-0.25, -0.2) is 4.98 Å². The van der Waals surface area contributed by atoms with Crippen molar-refractivity contribution < 1.29 is 19.7 Å². The second-order valence-corrected chi connectivity index (χ2v) is 5.89. The quantitative estimate of drug-likeness (QED) is 0.682. The predicted octanol–water partition coefficient (Wildman–Crippen LogP) is -0.509. The van der Waals surface area contributed by atoms with E-state index >= 15 is 0 Å². The zero-order valence-electron chi connectivity index (χ0n) is 13.7. The Morgan fingerprint density at radius 1 is 1.50 bits per heavy atom. The lowest BCUT2D eigenvalue weighted by Gasteiger charge is -2.16. The van der Waals surface area contributed by atoms with Crippen molar-refractivity contribution >= 4 is 28.8 Å². The van der Waals surface area contributed by atoms with Crippen LogP contribution in [-0.2, 0) is 9.53 Å². The maximum Gasteiger partial charge on any atom is 0.233 e. The first-order chi connectivity index (χ1) is 11.4. The molecule has 0 radical (unpaired) electrons. The topological polar surface area (TPSA) is 126 Å². The van der Waals surface area contributed by atoms with Crippen molar-refractivity contribution in [3.05, 3.63) is 6.33 Å². The van der Waals surface area contributed by atoms with Crippen LogP contribution in [-0.4, -0.2) is 68.5 Å². The molecule has 0 unspecified atom stereocenters. The van der Waals surface area contributed by atoms with E-state index in [1.165, 1.54) is 6.92 Å². The maximum atomic E-state index is 11.3. The second-order valence-electron chi connectivity index (χ2n) is 5.89. The number of aromatic nitrogens is 4. The number of carbonyl (C=O) groups excluding carboxylic acids is 1. The molecule has 1 saturated heterocycles. The number of hydrogen-bond acceptors (Lipinski definition) is 8. The number of amides is 1. The Balaban J connectivity index is 2.06. The number of carbonyl (C=O) groups is 1. The predicted molar refractivity (Wildman–Crippen MR) is 85.6 cm³/mol. The molecule has 1 aliphatic heterocycles. The minimum Gasteiger partial charge on any atom is -0.394 e. The number of nitrogens with one attached hydrogen (secondary N) is 1. The Labute approximate surface area is 138 Å². The van der Waals surface area contributed by atoms with Gasteiger partial charge in [-0.15, -0.1) is 0 Å². The van der Waals surface area contributed by atoms with Crippen LogP contribution in [0.3, 0.4) is 0 Å². The van der Waals surface area contributed by atoms with Crippen LogP contribution in [0.2, 0.25) is 0 Å². The van der Waals surface area contributed by atoms with Gasteiger partial charge in [-0.05, 0) is 0 Å². The summed E-state index contributed by atoms with van der Waals surface area (Å²) in [5, 5.41) is 21.7. The van der Waals surface area contributed by atoms with Gasteiger partial charge in [0, 0.05) is 27.4 Å². The van der Waals surface area contributed by atoms with E-state index in [4.69, 9.17) is 4.74 Å².